The predicted octanol–water partition coefficient (Wildman–Crippen LogP) is 11.1. The second-order valence-electron chi connectivity index (χ2n) is 13.0. The Labute approximate surface area is 263 Å². The molecule has 0 rings (SSSR count). The number of nitrogens with one attached hydrogen (secondary N) is 1. The predicted molar refractivity (Wildman–Crippen MR) is 184 cm³/mol. The van der Waals surface area contributed by atoms with Gasteiger partial charge in [0.2, 0.25) is 5.91 Å². The van der Waals surface area contributed by atoms with Crippen molar-refractivity contribution in [1.29, 1.82) is 0 Å². The van der Waals surface area contributed by atoms with Crippen LogP contribution in [0.2, 0.25) is 0 Å². The minimum atomic E-state index is -0.829. The van der Waals surface area contributed by atoms with Gasteiger partial charge in [0.1, 0.15) is 0 Å². The summed E-state index contributed by atoms with van der Waals surface area (Å²) in [5.74, 6) is -0.151. The van der Waals surface area contributed by atoms with Crippen LogP contribution in [0, 0.1) is 0 Å². The molecule has 0 fully saturated rings. The average molecular weight is 594 g/mol. The standard InChI is InChI=1S/C38H75NO3/c1-3-5-6-7-8-9-10-11-12-13-14-15-16-17-18-19-20-21-22-23-24-25-26-27-28-29-30-31-32-33-34-37(41)36(35-40)39-38(42)4-2/h33-34,36-37,40-41H,3-32,35H2,1-2H3,(H,39,42)/b34-33+. The highest BCUT2D eigenvalue weighted by molar-refractivity contribution is 5.75. The van der Waals surface area contributed by atoms with E-state index in [2.05, 4.69) is 12.2 Å². The van der Waals surface area contributed by atoms with Gasteiger partial charge in [-0.25, -0.2) is 0 Å². The number of amides is 1. The highest BCUT2D eigenvalue weighted by Gasteiger charge is 2.17. The molecule has 0 aromatic rings. The van der Waals surface area contributed by atoms with Gasteiger partial charge in [0.15, 0.2) is 0 Å². The molecule has 0 aliphatic rings. The summed E-state index contributed by atoms with van der Waals surface area (Å²) in [5, 5.41) is 22.1. The third-order valence-corrected chi connectivity index (χ3v) is 8.83. The summed E-state index contributed by atoms with van der Waals surface area (Å²) in [6.45, 7) is 3.80. The van der Waals surface area contributed by atoms with E-state index in [9.17, 15) is 15.0 Å². The lowest BCUT2D eigenvalue weighted by molar-refractivity contribution is -0.122. The molecule has 0 spiro atoms. The van der Waals surface area contributed by atoms with Crippen LogP contribution in [0.25, 0.3) is 0 Å². The van der Waals surface area contributed by atoms with Crippen molar-refractivity contribution >= 4 is 5.91 Å². The summed E-state index contributed by atoms with van der Waals surface area (Å²) in [6, 6.07) is -0.614. The highest BCUT2D eigenvalue weighted by atomic mass is 16.3. The van der Waals surface area contributed by atoms with Crippen molar-refractivity contribution in [2.24, 2.45) is 0 Å². The quantitative estimate of drug-likeness (QED) is 0.0513. The van der Waals surface area contributed by atoms with Crippen LogP contribution < -0.4 is 5.32 Å². The first kappa shape index (κ1) is 41.1. The maximum atomic E-state index is 11.4. The van der Waals surface area contributed by atoms with Crippen molar-refractivity contribution in [2.45, 2.75) is 219 Å². The minimum Gasteiger partial charge on any atom is -0.394 e. The van der Waals surface area contributed by atoms with Crippen LogP contribution in [0.5, 0.6) is 0 Å². The van der Waals surface area contributed by atoms with E-state index in [1.807, 2.05) is 6.08 Å². The van der Waals surface area contributed by atoms with Crippen molar-refractivity contribution in [3.8, 4) is 0 Å². The maximum Gasteiger partial charge on any atom is 0.220 e. The number of aliphatic hydroxyl groups is 2. The van der Waals surface area contributed by atoms with E-state index >= 15 is 0 Å². The number of allylic oxidation sites excluding steroid dienone is 1. The summed E-state index contributed by atoms with van der Waals surface area (Å²) in [6.07, 6.45) is 43.8. The number of unbranched alkanes of at least 4 members (excludes halogenated alkanes) is 28. The molecule has 3 N–H and O–H groups in total. The van der Waals surface area contributed by atoms with Gasteiger partial charge in [0, 0.05) is 6.42 Å². The number of hydrogen-bond donors (Lipinski definition) is 3. The Balaban J connectivity index is 3.23. The van der Waals surface area contributed by atoms with Crippen LogP contribution in [0.3, 0.4) is 0 Å². The van der Waals surface area contributed by atoms with E-state index in [0.717, 1.165) is 12.8 Å². The van der Waals surface area contributed by atoms with Crippen molar-refractivity contribution in [2.75, 3.05) is 6.61 Å². The maximum absolute atomic E-state index is 11.4. The number of rotatable bonds is 34. The third-order valence-electron chi connectivity index (χ3n) is 8.83. The third kappa shape index (κ3) is 30.6. The molecule has 0 aliphatic carbocycles. The molecular formula is C38H75NO3. The second-order valence-corrected chi connectivity index (χ2v) is 13.0. The summed E-state index contributed by atoms with van der Waals surface area (Å²) in [5.41, 5.74) is 0. The van der Waals surface area contributed by atoms with Gasteiger partial charge in [-0.1, -0.05) is 199 Å². The van der Waals surface area contributed by atoms with Crippen molar-refractivity contribution in [3.05, 3.63) is 12.2 Å². The Kier molecular flexibility index (Phi) is 33.9. The molecule has 0 saturated carbocycles. The van der Waals surface area contributed by atoms with E-state index < -0.39 is 12.1 Å². The lowest BCUT2D eigenvalue weighted by Gasteiger charge is -2.19. The van der Waals surface area contributed by atoms with Crippen molar-refractivity contribution in [3.63, 3.8) is 0 Å². The lowest BCUT2D eigenvalue weighted by Crippen LogP contribution is -2.44. The van der Waals surface area contributed by atoms with Gasteiger partial charge in [-0.3, -0.25) is 4.79 Å². The largest absolute Gasteiger partial charge is 0.394 e. The smallest absolute Gasteiger partial charge is 0.220 e. The van der Waals surface area contributed by atoms with Crippen LogP contribution in [0.15, 0.2) is 12.2 Å². The Morgan fingerprint density at radius 3 is 1.14 bits per heavy atom. The monoisotopic (exact) mass is 594 g/mol. The number of carbonyl (C=O) groups is 1. The van der Waals surface area contributed by atoms with E-state index in [4.69, 9.17) is 0 Å². The summed E-state index contributed by atoms with van der Waals surface area (Å²) in [4.78, 5) is 11.4. The molecule has 0 saturated heterocycles. The lowest BCUT2D eigenvalue weighted by atomic mass is 10.0. The van der Waals surface area contributed by atoms with Crippen molar-refractivity contribution in [1.82, 2.24) is 5.32 Å². The van der Waals surface area contributed by atoms with Crippen LogP contribution in [-0.2, 0) is 4.79 Å². The van der Waals surface area contributed by atoms with Gasteiger partial charge < -0.3 is 15.5 Å². The van der Waals surface area contributed by atoms with E-state index in [1.165, 1.54) is 173 Å². The van der Waals surface area contributed by atoms with E-state index in [-0.39, 0.29) is 12.5 Å². The molecule has 0 aromatic carbocycles. The van der Waals surface area contributed by atoms with Gasteiger partial charge in [-0.15, -0.1) is 0 Å². The normalized spacial score (nSPS) is 13.1. The van der Waals surface area contributed by atoms with Crippen LogP contribution in [0.1, 0.15) is 206 Å². The fraction of sp³-hybridized carbons (Fsp3) is 0.921. The van der Waals surface area contributed by atoms with Gasteiger partial charge in [0.05, 0.1) is 18.8 Å². The highest BCUT2D eigenvalue weighted by Crippen LogP contribution is 2.16. The molecule has 0 aliphatic heterocycles. The fourth-order valence-corrected chi connectivity index (χ4v) is 5.85. The SMILES string of the molecule is CCCCCCCCCCCCCCCCCCCCCCCCCCCCCC/C=C/C(O)C(CO)NC(=O)CC. The van der Waals surface area contributed by atoms with Crippen molar-refractivity contribution < 1.29 is 15.0 Å². The molecule has 4 heteroatoms. The Hall–Kier alpha value is -0.870. The van der Waals surface area contributed by atoms with Gasteiger partial charge in [-0.05, 0) is 12.8 Å². The van der Waals surface area contributed by atoms with E-state index in [1.54, 1.807) is 13.0 Å². The minimum absolute atomic E-state index is 0.151. The zero-order valence-corrected chi connectivity index (χ0v) is 28.5. The number of carbonyl (C=O) groups excluding carboxylic acids is 1. The molecule has 0 aromatic heterocycles. The molecule has 2 unspecified atom stereocenters. The Morgan fingerprint density at radius 1 is 0.548 bits per heavy atom. The number of aliphatic hydroxyl groups excluding tert-OH is 2. The van der Waals surface area contributed by atoms with Gasteiger partial charge in [-0.2, -0.15) is 0 Å². The first-order valence-corrected chi connectivity index (χ1v) is 18.9. The summed E-state index contributed by atoms with van der Waals surface area (Å²) in [7, 11) is 0. The van der Waals surface area contributed by atoms with Crippen LogP contribution in [0.4, 0.5) is 0 Å². The first-order chi connectivity index (χ1) is 20.7. The summed E-state index contributed by atoms with van der Waals surface area (Å²) >= 11 is 0. The fourth-order valence-electron chi connectivity index (χ4n) is 5.85. The molecule has 0 bridgehead atoms. The zero-order valence-electron chi connectivity index (χ0n) is 28.5. The molecule has 0 radical (unpaired) electrons. The first-order valence-electron chi connectivity index (χ1n) is 18.9. The summed E-state index contributed by atoms with van der Waals surface area (Å²) < 4.78 is 0. The van der Waals surface area contributed by atoms with Gasteiger partial charge in [0.25, 0.3) is 0 Å². The molecule has 0 heterocycles. The molecule has 4 nitrogen and oxygen atoms in total. The molecule has 250 valence electrons. The Bertz CT molecular complexity index is 565. The molecular weight excluding hydrogens is 518 g/mol. The molecule has 42 heavy (non-hydrogen) atoms. The van der Waals surface area contributed by atoms with Gasteiger partial charge >= 0.3 is 0 Å². The topological polar surface area (TPSA) is 69.6 Å². The Morgan fingerprint density at radius 2 is 0.857 bits per heavy atom. The molecule has 1 amide bonds. The molecule has 2 atom stereocenters. The second kappa shape index (κ2) is 34.6. The van der Waals surface area contributed by atoms with E-state index in [0.29, 0.717) is 6.42 Å². The van der Waals surface area contributed by atoms with Crippen LogP contribution >= 0.6 is 0 Å². The number of hydrogen-bond acceptors (Lipinski definition) is 3. The van der Waals surface area contributed by atoms with Crippen LogP contribution in [-0.4, -0.2) is 34.9 Å². The average Bonchev–Trinajstić information content (AvgIpc) is 3.00. The zero-order chi connectivity index (χ0) is 30.8.